The molecule has 0 fully saturated rings. The van der Waals surface area contributed by atoms with E-state index in [1.807, 2.05) is 36.4 Å². The number of rotatable bonds is 4. The molecule has 0 aromatic heterocycles. The largest absolute Gasteiger partial charge is 0.497 e. The smallest absolute Gasteiger partial charge is 0.121 e. The molecule has 0 amide bonds. The summed E-state index contributed by atoms with van der Waals surface area (Å²) in [5.74, 6) is 1.60. The lowest BCUT2D eigenvalue weighted by Gasteiger charge is -2.09. The Hall–Kier alpha value is -1.43. The van der Waals surface area contributed by atoms with Gasteiger partial charge in [-0.3, -0.25) is 0 Å². The summed E-state index contributed by atoms with van der Waals surface area (Å²) in [6.07, 6.45) is 0. The van der Waals surface area contributed by atoms with E-state index in [1.165, 1.54) is 0 Å². The fraction of sp³-hybridized carbons (Fsp3) is 0.143. The van der Waals surface area contributed by atoms with E-state index in [2.05, 4.69) is 22.6 Å². The summed E-state index contributed by atoms with van der Waals surface area (Å²) in [6, 6.07) is 13.5. The van der Waals surface area contributed by atoms with E-state index in [0.29, 0.717) is 12.3 Å². The second-order valence-corrected chi connectivity index (χ2v) is 5.11. The molecule has 0 saturated heterocycles. The molecular weight excluding hydrogens is 341 g/mol. The van der Waals surface area contributed by atoms with Crippen molar-refractivity contribution in [1.29, 1.82) is 0 Å². The molecule has 0 aliphatic rings. The molecule has 0 spiro atoms. The number of ether oxygens (including phenoxy) is 2. The van der Waals surface area contributed by atoms with Gasteiger partial charge in [0.2, 0.25) is 0 Å². The SMILES string of the molecule is COc1cc(N)cc(COc2cccc(I)c2)c1. The van der Waals surface area contributed by atoms with Crippen molar-refractivity contribution in [2.45, 2.75) is 6.61 Å². The van der Waals surface area contributed by atoms with Crippen LogP contribution in [0, 0.1) is 3.57 Å². The van der Waals surface area contributed by atoms with Crippen LogP contribution in [0.5, 0.6) is 11.5 Å². The van der Waals surface area contributed by atoms with Gasteiger partial charge in [-0.25, -0.2) is 0 Å². The Kier molecular flexibility index (Phi) is 4.30. The number of hydrogen-bond donors (Lipinski definition) is 1. The Morgan fingerprint density at radius 2 is 1.94 bits per heavy atom. The Morgan fingerprint density at radius 1 is 1.11 bits per heavy atom. The zero-order chi connectivity index (χ0) is 13.0. The summed E-state index contributed by atoms with van der Waals surface area (Å²) in [5, 5.41) is 0. The van der Waals surface area contributed by atoms with Crippen LogP contribution in [-0.4, -0.2) is 7.11 Å². The van der Waals surface area contributed by atoms with Gasteiger partial charge in [-0.15, -0.1) is 0 Å². The third kappa shape index (κ3) is 3.53. The summed E-state index contributed by atoms with van der Waals surface area (Å²) < 4.78 is 12.0. The predicted molar refractivity (Wildman–Crippen MR) is 80.9 cm³/mol. The number of methoxy groups -OCH3 is 1. The van der Waals surface area contributed by atoms with Crippen LogP contribution < -0.4 is 15.2 Å². The Morgan fingerprint density at radius 3 is 2.67 bits per heavy atom. The minimum atomic E-state index is 0.474. The maximum atomic E-state index is 5.79. The van der Waals surface area contributed by atoms with Crippen LogP contribution in [0.4, 0.5) is 5.69 Å². The summed E-state index contributed by atoms with van der Waals surface area (Å²) >= 11 is 2.26. The van der Waals surface area contributed by atoms with Gasteiger partial charge < -0.3 is 15.2 Å². The van der Waals surface area contributed by atoms with Gasteiger partial charge in [0.05, 0.1) is 7.11 Å². The maximum absolute atomic E-state index is 5.79. The molecule has 2 aromatic carbocycles. The quantitative estimate of drug-likeness (QED) is 0.675. The molecule has 0 heterocycles. The molecule has 2 rings (SSSR count). The molecule has 94 valence electrons. The number of halogens is 1. The molecule has 0 unspecified atom stereocenters. The molecule has 18 heavy (non-hydrogen) atoms. The van der Waals surface area contributed by atoms with Crippen molar-refractivity contribution in [3.05, 3.63) is 51.6 Å². The highest BCUT2D eigenvalue weighted by Crippen LogP contribution is 2.21. The molecule has 0 atom stereocenters. The number of benzene rings is 2. The lowest BCUT2D eigenvalue weighted by atomic mass is 10.2. The topological polar surface area (TPSA) is 44.5 Å². The summed E-state index contributed by atoms with van der Waals surface area (Å²) in [7, 11) is 1.62. The summed E-state index contributed by atoms with van der Waals surface area (Å²) in [4.78, 5) is 0. The van der Waals surface area contributed by atoms with E-state index in [9.17, 15) is 0 Å². The zero-order valence-electron chi connectivity index (χ0n) is 10.0. The van der Waals surface area contributed by atoms with Crippen LogP contribution in [0.15, 0.2) is 42.5 Å². The first-order chi connectivity index (χ1) is 8.67. The second-order valence-electron chi connectivity index (χ2n) is 3.86. The lowest BCUT2D eigenvalue weighted by Crippen LogP contribution is -1.98. The van der Waals surface area contributed by atoms with Crippen LogP contribution in [0.1, 0.15) is 5.56 Å². The van der Waals surface area contributed by atoms with Crippen molar-refractivity contribution in [3.63, 3.8) is 0 Å². The number of anilines is 1. The van der Waals surface area contributed by atoms with Crippen LogP contribution in [0.25, 0.3) is 0 Å². The van der Waals surface area contributed by atoms with E-state index in [0.717, 1.165) is 20.6 Å². The van der Waals surface area contributed by atoms with Gasteiger partial charge in [0, 0.05) is 15.3 Å². The lowest BCUT2D eigenvalue weighted by molar-refractivity contribution is 0.305. The monoisotopic (exact) mass is 355 g/mol. The minimum absolute atomic E-state index is 0.474. The second kappa shape index (κ2) is 5.95. The number of nitrogen functional groups attached to an aromatic ring is 1. The van der Waals surface area contributed by atoms with Crippen LogP contribution in [0.2, 0.25) is 0 Å². The van der Waals surface area contributed by atoms with E-state index in [1.54, 1.807) is 13.2 Å². The third-order valence-electron chi connectivity index (χ3n) is 2.43. The fourth-order valence-electron chi connectivity index (χ4n) is 1.61. The first-order valence-corrected chi connectivity index (χ1v) is 6.57. The number of hydrogen-bond acceptors (Lipinski definition) is 3. The van der Waals surface area contributed by atoms with Gasteiger partial charge in [0.25, 0.3) is 0 Å². The minimum Gasteiger partial charge on any atom is -0.497 e. The predicted octanol–water partition coefficient (Wildman–Crippen LogP) is 3.46. The van der Waals surface area contributed by atoms with Gasteiger partial charge in [0.15, 0.2) is 0 Å². The average Bonchev–Trinajstić information content (AvgIpc) is 2.36. The Bertz CT molecular complexity index is 543. The molecule has 0 bridgehead atoms. The van der Waals surface area contributed by atoms with Gasteiger partial charge in [-0.2, -0.15) is 0 Å². The zero-order valence-corrected chi connectivity index (χ0v) is 12.2. The highest BCUT2D eigenvalue weighted by Gasteiger charge is 2.01. The number of nitrogens with two attached hydrogens (primary N) is 1. The molecule has 4 heteroatoms. The van der Waals surface area contributed by atoms with Gasteiger partial charge in [0.1, 0.15) is 18.1 Å². The van der Waals surface area contributed by atoms with Crippen LogP contribution >= 0.6 is 22.6 Å². The van der Waals surface area contributed by atoms with Gasteiger partial charge in [-0.1, -0.05) is 6.07 Å². The maximum Gasteiger partial charge on any atom is 0.121 e. The Labute approximate surface area is 120 Å². The fourth-order valence-corrected chi connectivity index (χ4v) is 2.13. The molecule has 0 radical (unpaired) electrons. The van der Waals surface area contributed by atoms with Gasteiger partial charge in [-0.05, 0) is 58.5 Å². The molecule has 3 nitrogen and oxygen atoms in total. The standard InChI is InChI=1S/C14H14INO2/c1-17-14-6-10(5-12(16)8-14)9-18-13-4-2-3-11(15)7-13/h2-8H,9,16H2,1H3. The van der Waals surface area contributed by atoms with Crippen molar-refractivity contribution in [1.82, 2.24) is 0 Å². The van der Waals surface area contributed by atoms with Crippen molar-refractivity contribution in [3.8, 4) is 11.5 Å². The van der Waals surface area contributed by atoms with Crippen molar-refractivity contribution in [2.75, 3.05) is 12.8 Å². The summed E-state index contributed by atoms with van der Waals surface area (Å²) in [5.41, 5.74) is 7.46. The van der Waals surface area contributed by atoms with Crippen molar-refractivity contribution < 1.29 is 9.47 Å². The van der Waals surface area contributed by atoms with E-state index < -0.39 is 0 Å². The first-order valence-electron chi connectivity index (χ1n) is 5.49. The molecule has 0 aliphatic heterocycles. The Balaban J connectivity index is 2.08. The van der Waals surface area contributed by atoms with E-state index in [-0.39, 0.29) is 0 Å². The van der Waals surface area contributed by atoms with Crippen molar-refractivity contribution in [2.24, 2.45) is 0 Å². The normalized spacial score (nSPS) is 10.1. The summed E-state index contributed by atoms with van der Waals surface area (Å²) in [6.45, 7) is 0.474. The molecule has 0 aliphatic carbocycles. The van der Waals surface area contributed by atoms with E-state index >= 15 is 0 Å². The molecular formula is C14H14INO2. The van der Waals surface area contributed by atoms with Crippen molar-refractivity contribution >= 4 is 28.3 Å². The molecule has 0 saturated carbocycles. The first kappa shape index (κ1) is 13.0. The molecule has 2 N–H and O–H groups in total. The average molecular weight is 355 g/mol. The van der Waals surface area contributed by atoms with Crippen LogP contribution in [-0.2, 0) is 6.61 Å². The highest BCUT2D eigenvalue weighted by atomic mass is 127. The highest BCUT2D eigenvalue weighted by molar-refractivity contribution is 14.1. The van der Waals surface area contributed by atoms with Gasteiger partial charge >= 0.3 is 0 Å². The third-order valence-corrected chi connectivity index (χ3v) is 3.10. The van der Waals surface area contributed by atoms with E-state index in [4.69, 9.17) is 15.2 Å². The van der Waals surface area contributed by atoms with Crippen LogP contribution in [0.3, 0.4) is 0 Å². The molecule has 2 aromatic rings.